The van der Waals surface area contributed by atoms with Crippen molar-refractivity contribution < 1.29 is 19.0 Å². The second kappa shape index (κ2) is 12.5. The first-order chi connectivity index (χ1) is 21.7. The predicted molar refractivity (Wildman–Crippen MR) is 174 cm³/mol. The van der Waals surface area contributed by atoms with Crippen LogP contribution in [0.25, 0.3) is 43.6 Å². The molecule has 4 aromatic heterocycles. The summed E-state index contributed by atoms with van der Waals surface area (Å²) in [6.45, 7) is 6.44. The number of allylic oxidation sites excluding steroid dienone is 1. The SMILES string of the molecule is Cn1ncc2cc(-c3nc(-c4cc5n(n4)C(CCCCO)CN(C(=O)OC(C)(C)C)C5)c(C#C/C=C/F)c4sccc34)ccc21. The van der Waals surface area contributed by atoms with Crippen molar-refractivity contribution in [2.24, 2.45) is 7.05 Å². The standard InChI is InChI=1S/C34H35FN6O3S/c1-34(2,3)44-33(43)40-20-24(9-6-8-15-42)41-25(21-40)18-28(38-41)31-26(10-5-7-14-35)32-27(13-16-45-32)30(37-31)22-11-12-29-23(17-22)19-36-39(29)4/h7,11-14,16-19,24,42H,6,8-9,15,20-21H2,1-4H3/b14-7+. The van der Waals surface area contributed by atoms with Crippen LogP contribution in [0, 0.1) is 11.8 Å². The number of unbranched alkanes of at least 4 members (excludes halogenated alkanes) is 1. The van der Waals surface area contributed by atoms with E-state index >= 15 is 0 Å². The van der Waals surface area contributed by atoms with E-state index in [1.165, 1.54) is 6.08 Å². The zero-order chi connectivity index (χ0) is 31.7. The molecule has 5 aromatic rings. The Balaban J connectivity index is 1.50. The molecule has 0 radical (unpaired) electrons. The smallest absolute Gasteiger partial charge is 0.410 e. The number of benzene rings is 1. The van der Waals surface area contributed by atoms with Crippen LogP contribution < -0.4 is 0 Å². The largest absolute Gasteiger partial charge is 0.444 e. The fourth-order valence-electron chi connectivity index (χ4n) is 5.75. The van der Waals surface area contributed by atoms with Crippen molar-refractivity contribution >= 4 is 38.4 Å². The lowest BCUT2D eigenvalue weighted by molar-refractivity contribution is 0.0153. The van der Waals surface area contributed by atoms with Gasteiger partial charge in [-0.1, -0.05) is 17.9 Å². The van der Waals surface area contributed by atoms with Crippen molar-refractivity contribution in [3.8, 4) is 34.5 Å². The number of pyridine rings is 1. The summed E-state index contributed by atoms with van der Waals surface area (Å²) in [6, 6.07) is 10.0. The van der Waals surface area contributed by atoms with E-state index in [9.17, 15) is 14.3 Å². The van der Waals surface area contributed by atoms with Gasteiger partial charge in [-0.2, -0.15) is 10.2 Å². The number of carbonyl (C=O) groups is 1. The van der Waals surface area contributed by atoms with Gasteiger partial charge < -0.3 is 14.7 Å². The zero-order valence-corrected chi connectivity index (χ0v) is 26.6. The van der Waals surface area contributed by atoms with E-state index in [-0.39, 0.29) is 18.7 Å². The first-order valence-electron chi connectivity index (χ1n) is 14.9. The molecule has 1 aromatic carbocycles. The summed E-state index contributed by atoms with van der Waals surface area (Å²) in [5.74, 6) is 5.94. The van der Waals surface area contributed by atoms with Crippen molar-refractivity contribution in [3.63, 3.8) is 0 Å². The molecule has 1 unspecified atom stereocenters. The van der Waals surface area contributed by atoms with Crippen molar-refractivity contribution in [1.82, 2.24) is 29.4 Å². The van der Waals surface area contributed by atoms with Crippen LogP contribution in [0.2, 0.25) is 0 Å². The first-order valence-corrected chi connectivity index (χ1v) is 15.8. The molecule has 0 bridgehead atoms. The molecule has 1 amide bonds. The molecule has 0 aliphatic carbocycles. The Morgan fingerprint density at radius 2 is 2.07 bits per heavy atom. The summed E-state index contributed by atoms with van der Waals surface area (Å²) in [6.07, 6.45) is 5.22. The summed E-state index contributed by atoms with van der Waals surface area (Å²) in [4.78, 5) is 20.1. The molecule has 9 nitrogen and oxygen atoms in total. The summed E-state index contributed by atoms with van der Waals surface area (Å²) < 4.78 is 23.4. The number of nitrogens with zero attached hydrogens (tertiary/aromatic N) is 6. The lowest BCUT2D eigenvalue weighted by Gasteiger charge is -2.35. The highest BCUT2D eigenvalue weighted by Gasteiger charge is 2.33. The molecule has 1 atom stereocenters. The van der Waals surface area contributed by atoms with Crippen LogP contribution in [0.1, 0.15) is 57.3 Å². The number of carbonyl (C=O) groups excluding carboxylic acids is 1. The molecule has 0 spiro atoms. The number of amides is 1. The monoisotopic (exact) mass is 626 g/mol. The maximum absolute atomic E-state index is 13.2. The third-order valence-corrected chi connectivity index (χ3v) is 8.69. The topological polar surface area (TPSA) is 98.3 Å². The normalized spacial score (nSPS) is 15.1. The van der Waals surface area contributed by atoms with E-state index in [4.69, 9.17) is 14.8 Å². The van der Waals surface area contributed by atoms with E-state index in [0.29, 0.717) is 42.8 Å². The van der Waals surface area contributed by atoms with E-state index in [1.54, 1.807) is 16.2 Å². The minimum atomic E-state index is -0.622. The number of hydrogen-bond acceptors (Lipinski definition) is 7. The first kappa shape index (κ1) is 30.5. The fourth-order valence-corrected chi connectivity index (χ4v) is 6.65. The van der Waals surface area contributed by atoms with Crippen LogP contribution in [0.3, 0.4) is 0 Å². The molecule has 5 heterocycles. The van der Waals surface area contributed by atoms with Crippen LogP contribution in [-0.2, 0) is 18.3 Å². The van der Waals surface area contributed by atoms with Crippen LogP contribution in [0.5, 0.6) is 0 Å². The highest BCUT2D eigenvalue weighted by Crippen LogP contribution is 2.39. The number of aromatic nitrogens is 5. The van der Waals surface area contributed by atoms with E-state index in [1.807, 2.05) is 73.0 Å². The third-order valence-electron chi connectivity index (χ3n) is 7.75. The molecular weight excluding hydrogens is 591 g/mol. The molecule has 6 rings (SSSR count). The maximum atomic E-state index is 13.2. The molecule has 232 valence electrons. The molecule has 1 aliphatic rings. The Morgan fingerprint density at radius 1 is 1.22 bits per heavy atom. The van der Waals surface area contributed by atoms with Gasteiger partial charge in [-0.05, 0) is 69.7 Å². The lowest BCUT2D eigenvalue weighted by Crippen LogP contribution is -2.43. The van der Waals surface area contributed by atoms with Gasteiger partial charge in [0.25, 0.3) is 0 Å². The van der Waals surface area contributed by atoms with Crippen molar-refractivity contribution in [2.75, 3.05) is 13.2 Å². The predicted octanol–water partition coefficient (Wildman–Crippen LogP) is 7.00. The Hall–Kier alpha value is -4.53. The summed E-state index contributed by atoms with van der Waals surface area (Å²) in [7, 11) is 1.91. The van der Waals surface area contributed by atoms with E-state index < -0.39 is 5.60 Å². The number of aryl methyl sites for hydroxylation is 1. The third kappa shape index (κ3) is 6.21. The number of thiophene rings is 1. The van der Waals surface area contributed by atoms with Crippen molar-refractivity contribution in [2.45, 2.75) is 58.2 Å². The molecule has 1 N–H and O–H groups in total. The van der Waals surface area contributed by atoms with E-state index in [2.05, 4.69) is 23.0 Å². The average Bonchev–Trinajstić information content (AvgIpc) is 3.75. The summed E-state index contributed by atoms with van der Waals surface area (Å²) in [5, 5.41) is 22.8. The summed E-state index contributed by atoms with van der Waals surface area (Å²) in [5.41, 5.74) is 4.85. The van der Waals surface area contributed by atoms with E-state index in [0.717, 1.165) is 50.8 Å². The van der Waals surface area contributed by atoms with Gasteiger partial charge in [-0.3, -0.25) is 9.36 Å². The lowest BCUT2D eigenvalue weighted by atomic mass is 10.0. The number of rotatable bonds is 6. The number of halogens is 1. The molecule has 0 saturated carbocycles. The molecule has 45 heavy (non-hydrogen) atoms. The van der Waals surface area contributed by atoms with Crippen LogP contribution >= 0.6 is 11.3 Å². The minimum Gasteiger partial charge on any atom is -0.444 e. The quantitative estimate of drug-likeness (QED) is 0.161. The van der Waals surface area contributed by atoms with Crippen molar-refractivity contribution in [1.29, 1.82) is 0 Å². The Morgan fingerprint density at radius 3 is 2.84 bits per heavy atom. The number of hydrogen-bond donors (Lipinski definition) is 1. The Labute approximate surface area is 264 Å². The number of aliphatic hydroxyl groups is 1. The maximum Gasteiger partial charge on any atom is 0.410 e. The number of ether oxygens (including phenoxy) is 1. The van der Waals surface area contributed by atoms with Gasteiger partial charge in [0.2, 0.25) is 0 Å². The van der Waals surface area contributed by atoms with Crippen LogP contribution in [0.4, 0.5) is 9.18 Å². The van der Waals surface area contributed by atoms with Gasteiger partial charge in [-0.25, -0.2) is 14.2 Å². The summed E-state index contributed by atoms with van der Waals surface area (Å²) >= 11 is 1.55. The van der Waals surface area contributed by atoms with Gasteiger partial charge >= 0.3 is 6.09 Å². The molecule has 0 fully saturated rings. The fraction of sp³-hybridized carbons (Fsp3) is 0.353. The van der Waals surface area contributed by atoms with Gasteiger partial charge in [0.05, 0.1) is 52.3 Å². The minimum absolute atomic E-state index is 0.105. The second-order valence-corrected chi connectivity index (χ2v) is 13.1. The highest BCUT2D eigenvalue weighted by atomic mass is 32.1. The zero-order valence-electron chi connectivity index (χ0n) is 25.7. The molecule has 1 aliphatic heterocycles. The van der Waals surface area contributed by atoms with Gasteiger partial charge in [0, 0.05) is 42.6 Å². The van der Waals surface area contributed by atoms with Gasteiger partial charge in [-0.15, -0.1) is 11.3 Å². The van der Waals surface area contributed by atoms with Crippen LogP contribution in [-0.4, -0.2) is 59.4 Å². The van der Waals surface area contributed by atoms with Crippen molar-refractivity contribution in [3.05, 3.63) is 65.6 Å². The number of aliphatic hydroxyl groups excluding tert-OH is 1. The molecule has 11 heteroatoms. The number of fused-ring (bicyclic) bond motifs is 3. The van der Waals surface area contributed by atoms with Gasteiger partial charge in [0.15, 0.2) is 0 Å². The Bertz CT molecular complexity index is 1970. The van der Waals surface area contributed by atoms with Crippen LogP contribution in [0.15, 0.2) is 54.3 Å². The highest BCUT2D eigenvalue weighted by molar-refractivity contribution is 7.17. The second-order valence-electron chi connectivity index (χ2n) is 12.2. The Kier molecular flexibility index (Phi) is 8.44. The van der Waals surface area contributed by atoms with Gasteiger partial charge in [0.1, 0.15) is 17.0 Å². The molecular formula is C34H35FN6O3S. The molecule has 0 saturated heterocycles. The average molecular weight is 627 g/mol.